The maximum absolute atomic E-state index is 12.3. The van der Waals surface area contributed by atoms with Gasteiger partial charge in [0.05, 0.1) is 16.1 Å². The number of carbonyl (C=O) groups excluding carboxylic acids is 1. The number of anilines is 1. The molecule has 0 radical (unpaired) electrons. The molecule has 1 fully saturated rings. The first-order valence-corrected chi connectivity index (χ1v) is 7.63. The summed E-state index contributed by atoms with van der Waals surface area (Å²) < 4.78 is 6.32. The van der Waals surface area contributed by atoms with Crippen molar-refractivity contribution in [3.63, 3.8) is 0 Å². The standard InChI is InChI=1S/C15H21BrN2O2/c1-4-20-12-8-11(15(12,2)3)18-14(19)9-6-5-7-10(17)13(9)16/h5-7,11-12H,4,8,17H2,1-3H3,(H,18,19). The van der Waals surface area contributed by atoms with Crippen molar-refractivity contribution in [2.75, 3.05) is 12.3 Å². The summed E-state index contributed by atoms with van der Waals surface area (Å²) in [5, 5.41) is 3.07. The lowest BCUT2D eigenvalue weighted by molar-refractivity contribution is -0.111. The molecular formula is C15H21BrN2O2. The highest BCUT2D eigenvalue weighted by atomic mass is 79.9. The fraction of sp³-hybridized carbons (Fsp3) is 0.533. The molecule has 0 bridgehead atoms. The number of ether oxygens (including phenoxy) is 1. The van der Waals surface area contributed by atoms with E-state index in [0.717, 1.165) is 6.42 Å². The van der Waals surface area contributed by atoms with E-state index in [2.05, 4.69) is 35.1 Å². The third-order valence-corrected chi connectivity index (χ3v) is 5.01. The molecule has 0 heterocycles. The van der Waals surface area contributed by atoms with Gasteiger partial charge in [0.2, 0.25) is 0 Å². The summed E-state index contributed by atoms with van der Waals surface area (Å²) in [6.45, 7) is 6.94. The molecule has 3 N–H and O–H groups in total. The van der Waals surface area contributed by atoms with Crippen LogP contribution in [0.1, 0.15) is 37.6 Å². The van der Waals surface area contributed by atoms with Crippen LogP contribution in [0.25, 0.3) is 0 Å². The van der Waals surface area contributed by atoms with E-state index in [1.807, 2.05) is 6.92 Å². The number of carbonyl (C=O) groups is 1. The van der Waals surface area contributed by atoms with Crippen LogP contribution in [0.2, 0.25) is 0 Å². The molecule has 0 aromatic heterocycles. The maximum atomic E-state index is 12.3. The summed E-state index contributed by atoms with van der Waals surface area (Å²) in [5.74, 6) is -0.0998. The van der Waals surface area contributed by atoms with Crippen LogP contribution in [0.15, 0.2) is 22.7 Å². The van der Waals surface area contributed by atoms with Crippen LogP contribution in [0.4, 0.5) is 5.69 Å². The minimum Gasteiger partial charge on any atom is -0.398 e. The summed E-state index contributed by atoms with van der Waals surface area (Å²) in [4.78, 5) is 12.3. The van der Waals surface area contributed by atoms with E-state index < -0.39 is 0 Å². The molecule has 2 unspecified atom stereocenters. The Bertz CT molecular complexity index is 517. The smallest absolute Gasteiger partial charge is 0.252 e. The molecule has 2 atom stereocenters. The molecule has 1 saturated carbocycles. The summed E-state index contributed by atoms with van der Waals surface area (Å²) in [6.07, 6.45) is 1.06. The first-order chi connectivity index (χ1) is 9.37. The normalized spacial score (nSPS) is 24.0. The molecular weight excluding hydrogens is 320 g/mol. The second-order valence-corrected chi connectivity index (χ2v) is 6.53. The number of rotatable bonds is 4. The topological polar surface area (TPSA) is 64.3 Å². The van der Waals surface area contributed by atoms with Gasteiger partial charge in [-0.3, -0.25) is 4.79 Å². The average molecular weight is 341 g/mol. The van der Waals surface area contributed by atoms with Crippen LogP contribution < -0.4 is 11.1 Å². The Kier molecular flexibility index (Phi) is 4.39. The van der Waals surface area contributed by atoms with Gasteiger partial charge in [-0.15, -0.1) is 0 Å². The monoisotopic (exact) mass is 340 g/mol. The SMILES string of the molecule is CCOC1CC(NC(=O)c2cccc(N)c2Br)C1(C)C. The Morgan fingerprint density at radius 1 is 1.55 bits per heavy atom. The summed E-state index contributed by atoms with van der Waals surface area (Å²) in [5.41, 5.74) is 6.90. The van der Waals surface area contributed by atoms with Crippen molar-refractivity contribution in [2.45, 2.75) is 39.3 Å². The quantitative estimate of drug-likeness (QED) is 0.828. The van der Waals surface area contributed by atoms with E-state index in [1.54, 1.807) is 18.2 Å². The fourth-order valence-corrected chi connectivity index (χ4v) is 3.02. The van der Waals surface area contributed by atoms with Gasteiger partial charge < -0.3 is 15.8 Å². The van der Waals surface area contributed by atoms with E-state index in [4.69, 9.17) is 10.5 Å². The molecule has 0 aliphatic heterocycles. The lowest BCUT2D eigenvalue weighted by Gasteiger charge is -2.51. The largest absolute Gasteiger partial charge is 0.398 e. The Balaban J connectivity index is 2.05. The highest BCUT2D eigenvalue weighted by molar-refractivity contribution is 9.10. The number of nitrogens with two attached hydrogens (primary N) is 1. The van der Waals surface area contributed by atoms with Gasteiger partial charge in [-0.1, -0.05) is 19.9 Å². The second-order valence-electron chi connectivity index (χ2n) is 5.74. The summed E-state index contributed by atoms with van der Waals surface area (Å²) >= 11 is 3.37. The van der Waals surface area contributed by atoms with Crippen molar-refractivity contribution in [2.24, 2.45) is 5.41 Å². The number of halogens is 1. The van der Waals surface area contributed by atoms with E-state index >= 15 is 0 Å². The number of hydrogen-bond donors (Lipinski definition) is 2. The second kappa shape index (κ2) is 5.74. The zero-order chi connectivity index (χ0) is 14.9. The molecule has 2 rings (SSSR count). The number of hydrogen-bond acceptors (Lipinski definition) is 3. The molecule has 1 aliphatic rings. The molecule has 0 spiro atoms. The van der Waals surface area contributed by atoms with Crippen LogP contribution in [-0.2, 0) is 4.74 Å². The number of amides is 1. The van der Waals surface area contributed by atoms with Gasteiger partial charge in [-0.25, -0.2) is 0 Å². The van der Waals surface area contributed by atoms with Crippen molar-refractivity contribution in [3.05, 3.63) is 28.2 Å². The highest BCUT2D eigenvalue weighted by Gasteiger charge is 2.49. The Hall–Kier alpha value is -1.07. The van der Waals surface area contributed by atoms with Gasteiger partial charge >= 0.3 is 0 Å². The van der Waals surface area contributed by atoms with Gasteiger partial charge in [0.25, 0.3) is 5.91 Å². The summed E-state index contributed by atoms with van der Waals surface area (Å²) in [7, 11) is 0. The molecule has 1 aliphatic carbocycles. The molecule has 5 heteroatoms. The average Bonchev–Trinajstić information content (AvgIpc) is 2.40. The first-order valence-electron chi connectivity index (χ1n) is 6.84. The van der Waals surface area contributed by atoms with Crippen molar-refractivity contribution >= 4 is 27.5 Å². The predicted molar refractivity (Wildman–Crippen MR) is 83.6 cm³/mol. The maximum Gasteiger partial charge on any atom is 0.252 e. The number of nitrogens with one attached hydrogen (secondary N) is 1. The predicted octanol–water partition coefficient (Wildman–Crippen LogP) is 2.96. The molecule has 1 aromatic carbocycles. The zero-order valence-electron chi connectivity index (χ0n) is 12.1. The minimum atomic E-state index is -0.0998. The van der Waals surface area contributed by atoms with Crippen LogP contribution >= 0.6 is 15.9 Å². The van der Waals surface area contributed by atoms with Crippen LogP contribution in [-0.4, -0.2) is 24.7 Å². The summed E-state index contributed by atoms with van der Waals surface area (Å²) in [6, 6.07) is 5.44. The van der Waals surface area contributed by atoms with Crippen molar-refractivity contribution < 1.29 is 9.53 Å². The Morgan fingerprint density at radius 3 is 2.85 bits per heavy atom. The first kappa shape index (κ1) is 15.3. The molecule has 0 saturated heterocycles. The molecule has 1 aromatic rings. The van der Waals surface area contributed by atoms with Crippen LogP contribution in [0.5, 0.6) is 0 Å². The fourth-order valence-electron chi connectivity index (χ4n) is 2.58. The minimum absolute atomic E-state index is 0.0432. The van der Waals surface area contributed by atoms with Crippen molar-refractivity contribution in [1.82, 2.24) is 5.32 Å². The zero-order valence-corrected chi connectivity index (χ0v) is 13.7. The third kappa shape index (κ3) is 2.69. The number of benzene rings is 1. The Labute approximate surface area is 128 Å². The molecule has 110 valence electrons. The van der Waals surface area contributed by atoms with Gasteiger partial charge in [0.15, 0.2) is 0 Å². The van der Waals surface area contributed by atoms with Crippen molar-refractivity contribution in [1.29, 1.82) is 0 Å². The molecule has 1 amide bonds. The molecule has 4 nitrogen and oxygen atoms in total. The van der Waals surface area contributed by atoms with Gasteiger partial charge in [-0.2, -0.15) is 0 Å². The third-order valence-electron chi connectivity index (χ3n) is 4.12. The number of nitrogen functional groups attached to an aromatic ring is 1. The lowest BCUT2D eigenvalue weighted by Crippen LogP contribution is -2.62. The lowest BCUT2D eigenvalue weighted by atomic mass is 9.64. The molecule has 20 heavy (non-hydrogen) atoms. The van der Waals surface area contributed by atoms with Gasteiger partial charge in [-0.05, 0) is 41.4 Å². The van der Waals surface area contributed by atoms with Crippen LogP contribution in [0, 0.1) is 5.41 Å². The van der Waals surface area contributed by atoms with Gasteiger partial charge in [0.1, 0.15) is 0 Å². The van der Waals surface area contributed by atoms with E-state index in [-0.39, 0.29) is 23.5 Å². The van der Waals surface area contributed by atoms with Crippen molar-refractivity contribution in [3.8, 4) is 0 Å². The van der Waals surface area contributed by atoms with E-state index in [0.29, 0.717) is 22.3 Å². The Morgan fingerprint density at radius 2 is 2.25 bits per heavy atom. The van der Waals surface area contributed by atoms with Gasteiger partial charge in [0, 0.05) is 23.8 Å². The van der Waals surface area contributed by atoms with E-state index in [9.17, 15) is 4.79 Å². The van der Waals surface area contributed by atoms with Crippen LogP contribution in [0.3, 0.4) is 0 Å². The van der Waals surface area contributed by atoms with E-state index in [1.165, 1.54) is 0 Å². The highest BCUT2D eigenvalue weighted by Crippen LogP contribution is 2.43.